The Kier molecular flexibility index (Phi) is 5.43. The van der Waals surface area contributed by atoms with Crippen LogP contribution in [0.5, 0.6) is 5.75 Å². The second-order valence-corrected chi connectivity index (χ2v) is 5.98. The first kappa shape index (κ1) is 16.5. The molecule has 126 valence electrons. The first-order valence-corrected chi connectivity index (χ1v) is 8.35. The Morgan fingerprint density at radius 1 is 1.33 bits per heavy atom. The zero-order valence-electron chi connectivity index (χ0n) is 13.9. The topological polar surface area (TPSA) is 54.5 Å². The Hall–Kier alpha value is -2.40. The van der Waals surface area contributed by atoms with Crippen LogP contribution in [0.4, 0.5) is 5.69 Å². The number of likely N-dealkylation sites (tertiary alicyclic amines) is 1. The summed E-state index contributed by atoms with van der Waals surface area (Å²) in [7, 11) is 1.71. The molecular weight excluding hydrogens is 302 g/mol. The number of rotatable bonds is 6. The van der Waals surface area contributed by atoms with Crippen LogP contribution in [-0.4, -0.2) is 36.0 Å². The first-order chi connectivity index (χ1) is 11.8. The zero-order chi connectivity index (χ0) is 16.8. The standard InChI is InChI=1S/C19H23N3O2/c1-24-18-9-3-2-7-16(18)17-8-5-12-22(17)13-10-19(23)21-15-6-4-11-20-14-15/h2-4,6-7,9,11,14,17H,5,8,10,12-13H2,1H3,(H,21,23). The van der Waals surface area contributed by atoms with Gasteiger partial charge in [-0.15, -0.1) is 0 Å². The number of para-hydroxylation sites is 1. The third-order valence-corrected chi connectivity index (χ3v) is 4.43. The average molecular weight is 325 g/mol. The molecule has 5 heteroatoms. The second-order valence-electron chi connectivity index (χ2n) is 5.98. The molecule has 0 spiro atoms. The number of carbonyl (C=O) groups is 1. The fourth-order valence-corrected chi connectivity index (χ4v) is 3.29. The number of amides is 1. The van der Waals surface area contributed by atoms with Gasteiger partial charge in [0.25, 0.3) is 0 Å². The van der Waals surface area contributed by atoms with E-state index in [-0.39, 0.29) is 5.91 Å². The van der Waals surface area contributed by atoms with Crippen LogP contribution in [0, 0.1) is 0 Å². The Morgan fingerprint density at radius 3 is 3.00 bits per heavy atom. The monoisotopic (exact) mass is 325 g/mol. The SMILES string of the molecule is COc1ccccc1C1CCCN1CCC(=O)Nc1cccnc1. The lowest BCUT2D eigenvalue weighted by molar-refractivity contribution is -0.116. The third-order valence-electron chi connectivity index (χ3n) is 4.43. The number of hydrogen-bond acceptors (Lipinski definition) is 4. The molecule has 1 aromatic heterocycles. The minimum Gasteiger partial charge on any atom is -0.496 e. The van der Waals surface area contributed by atoms with Gasteiger partial charge >= 0.3 is 0 Å². The van der Waals surface area contributed by atoms with Crippen molar-refractivity contribution >= 4 is 11.6 Å². The third kappa shape index (κ3) is 3.92. The Morgan fingerprint density at radius 2 is 2.21 bits per heavy atom. The molecule has 1 atom stereocenters. The van der Waals surface area contributed by atoms with Crippen LogP contribution in [0.2, 0.25) is 0 Å². The summed E-state index contributed by atoms with van der Waals surface area (Å²) in [6.45, 7) is 1.76. The molecule has 1 aliphatic rings. The van der Waals surface area contributed by atoms with Gasteiger partial charge < -0.3 is 10.1 Å². The van der Waals surface area contributed by atoms with E-state index in [9.17, 15) is 4.79 Å². The maximum absolute atomic E-state index is 12.1. The summed E-state index contributed by atoms with van der Waals surface area (Å²) >= 11 is 0. The van der Waals surface area contributed by atoms with E-state index in [4.69, 9.17) is 4.74 Å². The highest BCUT2D eigenvalue weighted by Gasteiger charge is 2.28. The normalized spacial score (nSPS) is 17.6. The highest BCUT2D eigenvalue weighted by atomic mass is 16.5. The van der Waals surface area contributed by atoms with Crippen molar-refractivity contribution in [2.75, 3.05) is 25.5 Å². The molecule has 3 rings (SSSR count). The maximum atomic E-state index is 12.1. The summed E-state index contributed by atoms with van der Waals surface area (Å²) in [5, 5.41) is 2.89. The van der Waals surface area contributed by atoms with Crippen LogP contribution >= 0.6 is 0 Å². The molecule has 0 bridgehead atoms. The van der Waals surface area contributed by atoms with Gasteiger partial charge in [-0.1, -0.05) is 18.2 Å². The van der Waals surface area contributed by atoms with Crippen LogP contribution in [0.15, 0.2) is 48.8 Å². The molecule has 1 unspecified atom stereocenters. The predicted molar refractivity (Wildman–Crippen MR) is 94.0 cm³/mol. The molecule has 0 aliphatic carbocycles. The number of methoxy groups -OCH3 is 1. The van der Waals surface area contributed by atoms with Gasteiger partial charge in [-0.25, -0.2) is 0 Å². The molecule has 1 aromatic carbocycles. The minimum atomic E-state index is 0.0219. The first-order valence-electron chi connectivity index (χ1n) is 8.35. The lowest BCUT2D eigenvalue weighted by Crippen LogP contribution is -2.28. The lowest BCUT2D eigenvalue weighted by Gasteiger charge is -2.25. The Bertz CT molecular complexity index is 675. The fraction of sp³-hybridized carbons (Fsp3) is 0.368. The average Bonchev–Trinajstić information content (AvgIpc) is 3.09. The van der Waals surface area contributed by atoms with Crippen molar-refractivity contribution in [1.82, 2.24) is 9.88 Å². The number of benzene rings is 1. The molecule has 1 saturated heterocycles. The van der Waals surface area contributed by atoms with Crippen molar-refractivity contribution in [3.8, 4) is 5.75 Å². The van der Waals surface area contributed by atoms with E-state index in [0.717, 1.165) is 37.4 Å². The van der Waals surface area contributed by atoms with Gasteiger partial charge in [0.1, 0.15) is 5.75 Å². The van der Waals surface area contributed by atoms with E-state index in [1.54, 1.807) is 19.5 Å². The molecule has 1 amide bonds. The minimum absolute atomic E-state index is 0.0219. The van der Waals surface area contributed by atoms with Crippen LogP contribution < -0.4 is 10.1 Å². The zero-order valence-corrected chi connectivity index (χ0v) is 13.9. The molecule has 5 nitrogen and oxygen atoms in total. The van der Waals surface area contributed by atoms with Gasteiger partial charge in [0.15, 0.2) is 0 Å². The number of carbonyl (C=O) groups excluding carboxylic acids is 1. The summed E-state index contributed by atoms with van der Waals surface area (Å²) in [6.07, 6.45) is 6.07. The summed E-state index contributed by atoms with van der Waals surface area (Å²) in [6, 6.07) is 12.1. The number of ether oxygens (including phenoxy) is 1. The van der Waals surface area contributed by atoms with E-state index in [2.05, 4.69) is 21.3 Å². The van der Waals surface area contributed by atoms with Crippen LogP contribution in [-0.2, 0) is 4.79 Å². The lowest BCUT2D eigenvalue weighted by atomic mass is 10.0. The summed E-state index contributed by atoms with van der Waals surface area (Å²) in [5.74, 6) is 0.947. The van der Waals surface area contributed by atoms with Gasteiger partial charge in [-0.3, -0.25) is 14.7 Å². The highest BCUT2D eigenvalue weighted by molar-refractivity contribution is 5.90. The Balaban J connectivity index is 1.59. The van der Waals surface area contributed by atoms with E-state index in [1.165, 1.54) is 5.56 Å². The van der Waals surface area contributed by atoms with Gasteiger partial charge in [0.05, 0.1) is 19.0 Å². The fourth-order valence-electron chi connectivity index (χ4n) is 3.29. The highest BCUT2D eigenvalue weighted by Crippen LogP contribution is 2.36. The van der Waals surface area contributed by atoms with Gasteiger partial charge in [-0.2, -0.15) is 0 Å². The summed E-state index contributed by atoms with van der Waals surface area (Å²) < 4.78 is 5.50. The van der Waals surface area contributed by atoms with Crippen molar-refractivity contribution in [2.45, 2.75) is 25.3 Å². The molecule has 0 radical (unpaired) electrons. The largest absolute Gasteiger partial charge is 0.496 e. The molecule has 2 heterocycles. The number of pyridine rings is 1. The number of hydrogen-bond donors (Lipinski definition) is 1. The van der Waals surface area contributed by atoms with Crippen LogP contribution in [0.25, 0.3) is 0 Å². The van der Waals surface area contributed by atoms with Crippen LogP contribution in [0.3, 0.4) is 0 Å². The van der Waals surface area contributed by atoms with E-state index < -0.39 is 0 Å². The molecule has 24 heavy (non-hydrogen) atoms. The van der Waals surface area contributed by atoms with Crippen LogP contribution in [0.1, 0.15) is 30.9 Å². The number of anilines is 1. The summed E-state index contributed by atoms with van der Waals surface area (Å²) in [5.41, 5.74) is 1.95. The number of nitrogens with one attached hydrogen (secondary N) is 1. The smallest absolute Gasteiger partial charge is 0.225 e. The van der Waals surface area contributed by atoms with E-state index in [0.29, 0.717) is 12.5 Å². The van der Waals surface area contributed by atoms with Gasteiger partial charge in [0, 0.05) is 30.8 Å². The van der Waals surface area contributed by atoms with Crippen molar-refractivity contribution in [3.63, 3.8) is 0 Å². The van der Waals surface area contributed by atoms with E-state index in [1.807, 2.05) is 30.3 Å². The quantitative estimate of drug-likeness (QED) is 0.886. The van der Waals surface area contributed by atoms with Gasteiger partial charge in [-0.05, 0) is 37.6 Å². The van der Waals surface area contributed by atoms with Crippen molar-refractivity contribution in [2.24, 2.45) is 0 Å². The van der Waals surface area contributed by atoms with Crippen molar-refractivity contribution in [3.05, 3.63) is 54.4 Å². The van der Waals surface area contributed by atoms with Gasteiger partial charge in [0.2, 0.25) is 5.91 Å². The number of aromatic nitrogens is 1. The van der Waals surface area contributed by atoms with Crippen molar-refractivity contribution in [1.29, 1.82) is 0 Å². The Labute approximate surface area is 142 Å². The second kappa shape index (κ2) is 7.93. The number of nitrogens with zero attached hydrogens (tertiary/aromatic N) is 2. The molecular formula is C19H23N3O2. The molecule has 0 saturated carbocycles. The molecule has 2 aromatic rings. The van der Waals surface area contributed by atoms with E-state index >= 15 is 0 Å². The molecule has 1 aliphatic heterocycles. The maximum Gasteiger partial charge on any atom is 0.225 e. The predicted octanol–water partition coefficient (Wildman–Crippen LogP) is 3.26. The molecule has 1 N–H and O–H groups in total. The summed E-state index contributed by atoms with van der Waals surface area (Å²) in [4.78, 5) is 18.5. The van der Waals surface area contributed by atoms with Crippen molar-refractivity contribution < 1.29 is 9.53 Å². The molecule has 1 fully saturated rings.